The molecule has 3 nitrogen and oxygen atoms in total. The van der Waals surface area contributed by atoms with E-state index in [2.05, 4.69) is 0 Å². The van der Waals surface area contributed by atoms with Crippen molar-refractivity contribution in [3.63, 3.8) is 0 Å². The maximum Gasteiger partial charge on any atom is 0.266 e. The molecule has 0 aliphatic carbocycles. The van der Waals surface area contributed by atoms with Crippen molar-refractivity contribution in [1.29, 1.82) is 5.26 Å². The summed E-state index contributed by atoms with van der Waals surface area (Å²) in [5.74, 6) is -0.224. The van der Waals surface area contributed by atoms with E-state index in [1.807, 2.05) is 4.98 Å². The summed E-state index contributed by atoms with van der Waals surface area (Å²) in [5.41, 5.74) is -1.55. The first-order chi connectivity index (χ1) is 6.60. The van der Waals surface area contributed by atoms with Gasteiger partial charge in [0.05, 0.1) is 5.56 Å². The number of nitriles is 1. The fraction of sp³-hybridized carbons (Fsp3) is 0.250. The Labute approximate surface area is 82.9 Å². The number of H-pyrrole nitrogens is 1. The highest BCUT2D eigenvalue weighted by Gasteiger charge is 2.18. The fourth-order valence-electron chi connectivity index (χ4n) is 1.07. The Balaban J connectivity index is 3.51. The van der Waals surface area contributed by atoms with Crippen LogP contribution in [0.5, 0.6) is 0 Å². The van der Waals surface area contributed by atoms with Crippen LogP contribution in [0.15, 0.2) is 10.9 Å². The van der Waals surface area contributed by atoms with Gasteiger partial charge in [-0.15, -0.1) is 11.6 Å². The molecule has 0 spiro atoms. The van der Waals surface area contributed by atoms with Crippen molar-refractivity contribution in [1.82, 2.24) is 4.98 Å². The smallest absolute Gasteiger partial charge is 0.266 e. The highest BCUT2D eigenvalue weighted by molar-refractivity contribution is 6.17. The summed E-state index contributed by atoms with van der Waals surface area (Å²) in [6, 6.07) is 2.47. The number of hydrogen-bond donors (Lipinski definition) is 1. The molecule has 0 atom stereocenters. The van der Waals surface area contributed by atoms with Gasteiger partial charge in [0.2, 0.25) is 5.56 Å². The molecule has 1 aromatic rings. The molecule has 0 bridgehead atoms. The molecule has 0 aliphatic rings. The summed E-state index contributed by atoms with van der Waals surface area (Å²) in [4.78, 5) is 12.9. The summed E-state index contributed by atoms with van der Waals surface area (Å²) in [7, 11) is 0. The fourth-order valence-corrected chi connectivity index (χ4v) is 1.29. The number of hydrogen-bond acceptors (Lipinski definition) is 2. The SMILES string of the molecule is N#Cc1[nH]c(=O)cc(CCl)c1C(F)F. The normalized spacial score (nSPS) is 10.2. The highest BCUT2D eigenvalue weighted by Crippen LogP contribution is 2.25. The first-order valence-electron chi connectivity index (χ1n) is 3.60. The number of nitrogens with one attached hydrogen (secondary N) is 1. The second-order valence-electron chi connectivity index (χ2n) is 2.49. The van der Waals surface area contributed by atoms with Crippen LogP contribution in [-0.4, -0.2) is 4.98 Å². The molecule has 0 unspecified atom stereocenters. The van der Waals surface area contributed by atoms with Crippen LogP contribution < -0.4 is 5.56 Å². The minimum absolute atomic E-state index is 0.0121. The van der Waals surface area contributed by atoms with Crippen molar-refractivity contribution >= 4 is 11.6 Å². The Morgan fingerprint density at radius 2 is 2.29 bits per heavy atom. The monoisotopic (exact) mass is 218 g/mol. The number of alkyl halides is 3. The number of halogens is 3. The molecule has 0 aromatic carbocycles. The molecular formula is C8H5ClF2N2O. The molecule has 1 aromatic heterocycles. The topological polar surface area (TPSA) is 56.6 Å². The second kappa shape index (κ2) is 4.20. The predicted molar refractivity (Wildman–Crippen MR) is 46.3 cm³/mol. The first-order valence-corrected chi connectivity index (χ1v) is 4.14. The second-order valence-corrected chi connectivity index (χ2v) is 2.76. The minimum atomic E-state index is -2.82. The molecule has 0 saturated carbocycles. The van der Waals surface area contributed by atoms with E-state index in [1.165, 1.54) is 6.07 Å². The summed E-state index contributed by atoms with van der Waals surface area (Å²) in [5, 5.41) is 8.52. The lowest BCUT2D eigenvalue weighted by atomic mass is 10.1. The summed E-state index contributed by atoms with van der Waals surface area (Å²) in [6.45, 7) is 0. The summed E-state index contributed by atoms with van der Waals surface area (Å²) < 4.78 is 24.9. The third-order valence-electron chi connectivity index (χ3n) is 1.64. The molecule has 14 heavy (non-hydrogen) atoms. The third kappa shape index (κ3) is 1.91. The lowest BCUT2D eigenvalue weighted by Crippen LogP contribution is -2.12. The maximum absolute atomic E-state index is 12.5. The van der Waals surface area contributed by atoms with E-state index in [4.69, 9.17) is 16.9 Å². The van der Waals surface area contributed by atoms with Gasteiger partial charge in [-0.25, -0.2) is 8.78 Å². The van der Waals surface area contributed by atoms with Crippen molar-refractivity contribution in [3.05, 3.63) is 33.2 Å². The van der Waals surface area contributed by atoms with E-state index in [0.29, 0.717) is 0 Å². The van der Waals surface area contributed by atoms with Gasteiger partial charge in [0.25, 0.3) is 6.43 Å². The molecule has 0 aliphatic heterocycles. The van der Waals surface area contributed by atoms with E-state index < -0.39 is 23.2 Å². The standard InChI is InChI=1S/C8H5ClF2N2O/c9-2-4-1-6(14)13-5(3-12)7(4)8(10)11/h1,8H,2H2,(H,13,14). The van der Waals surface area contributed by atoms with Gasteiger partial charge in [-0.3, -0.25) is 4.79 Å². The molecule has 0 saturated heterocycles. The number of aromatic nitrogens is 1. The van der Waals surface area contributed by atoms with Crippen LogP contribution in [0.25, 0.3) is 0 Å². The number of pyridine rings is 1. The minimum Gasteiger partial charge on any atom is -0.313 e. The van der Waals surface area contributed by atoms with E-state index >= 15 is 0 Å². The third-order valence-corrected chi connectivity index (χ3v) is 1.93. The average molecular weight is 219 g/mol. The summed E-state index contributed by atoms with van der Waals surface area (Å²) in [6.07, 6.45) is -2.82. The van der Waals surface area contributed by atoms with Crippen LogP contribution in [0.1, 0.15) is 23.2 Å². The van der Waals surface area contributed by atoms with Crippen molar-refractivity contribution in [2.45, 2.75) is 12.3 Å². The Bertz CT molecular complexity index is 436. The zero-order chi connectivity index (χ0) is 10.7. The van der Waals surface area contributed by atoms with Crippen LogP contribution >= 0.6 is 11.6 Å². The zero-order valence-corrected chi connectivity index (χ0v) is 7.61. The van der Waals surface area contributed by atoms with E-state index in [1.54, 1.807) is 0 Å². The Kier molecular flexibility index (Phi) is 3.20. The lowest BCUT2D eigenvalue weighted by molar-refractivity contribution is 0.149. The van der Waals surface area contributed by atoms with Crippen LogP contribution in [0.2, 0.25) is 0 Å². The van der Waals surface area contributed by atoms with Gasteiger partial charge in [0.15, 0.2) is 0 Å². The predicted octanol–water partition coefficient (Wildman–Crippen LogP) is 1.92. The summed E-state index contributed by atoms with van der Waals surface area (Å²) >= 11 is 5.38. The van der Waals surface area contributed by atoms with Gasteiger partial charge < -0.3 is 4.98 Å². The van der Waals surface area contributed by atoms with Gasteiger partial charge in [-0.2, -0.15) is 5.26 Å². The zero-order valence-electron chi connectivity index (χ0n) is 6.85. The Morgan fingerprint density at radius 3 is 2.71 bits per heavy atom. The number of nitrogens with zero attached hydrogens (tertiary/aromatic N) is 1. The highest BCUT2D eigenvalue weighted by atomic mass is 35.5. The van der Waals surface area contributed by atoms with Crippen molar-refractivity contribution in [2.75, 3.05) is 0 Å². The van der Waals surface area contributed by atoms with Crippen molar-refractivity contribution < 1.29 is 8.78 Å². The first kappa shape index (κ1) is 10.7. The molecule has 0 amide bonds. The molecule has 74 valence electrons. The average Bonchev–Trinajstić information content (AvgIpc) is 2.15. The van der Waals surface area contributed by atoms with Gasteiger partial charge in [-0.1, -0.05) is 0 Å². The molecule has 0 fully saturated rings. The molecule has 1 N–H and O–H groups in total. The molecule has 1 rings (SSSR count). The van der Waals surface area contributed by atoms with E-state index in [0.717, 1.165) is 6.07 Å². The Morgan fingerprint density at radius 1 is 1.64 bits per heavy atom. The number of aromatic amines is 1. The Hall–Kier alpha value is -1.41. The lowest BCUT2D eigenvalue weighted by Gasteiger charge is -2.06. The van der Waals surface area contributed by atoms with Crippen molar-refractivity contribution in [2.24, 2.45) is 0 Å². The molecule has 1 heterocycles. The van der Waals surface area contributed by atoms with Gasteiger partial charge in [-0.05, 0) is 5.56 Å². The van der Waals surface area contributed by atoms with E-state index in [9.17, 15) is 13.6 Å². The van der Waals surface area contributed by atoms with Crippen LogP contribution in [0.4, 0.5) is 8.78 Å². The quantitative estimate of drug-likeness (QED) is 0.771. The van der Waals surface area contributed by atoms with Crippen LogP contribution in [0, 0.1) is 11.3 Å². The number of rotatable bonds is 2. The largest absolute Gasteiger partial charge is 0.313 e. The van der Waals surface area contributed by atoms with Gasteiger partial charge >= 0.3 is 0 Å². The van der Waals surface area contributed by atoms with E-state index in [-0.39, 0.29) is 11.4 Å². The van der Waals surface area contributed by atoms with Gasteiger partial charge in [0, 0.05) is 11.9 Å². The molecular weight excluding hydrogens is 214 g/mol. The molecule has 6 heteroatoms. The van der Waals surface area contributed by atoms with Crippen LogP contribution in [-0.2, 0) is 5.88 Å². The van der Waals surface area contributed by atoms with Gasteiger partial charge in [0.1, 0.15) is 11.8 Å². The molecule has 0 radical (unpaired) electrons. The van der Waals surface area contributed by atoms with Crippen molar-refractivity contribution in [3.8, 4) is 6.07 Å². The maximum atomic E-state index is 12.5. The van der Waals surface area contributed by atoms with Crippen LogP contribution in [0.3, 0.4) is 0 Å².